The largest absolute Gasteiger partial charge is 0.485 e. The van der Waals surface area contributed by atoms with Crippen LogP contribution in [0.3, 0.4) is 0 Å². The third-order valence-corrected chi connectivity index (χ3v) is 4.10. The number of benzene rings is 1. The van der Waals surface area contributed by atoms with Gasteiger partial charge >= 0.3 is 0 Å². The first-order valence-corrected chi connectivity index (χ1v) is 7.48. The number of ether oxygens (including phenoxy) is 2. The Kier molecular flexibility index (Phi) is 3.74. The van der Waals surface area contributed by atoms with Crippen molar-refractivity contribution in [2.75, 3.05) is 11.9 Å². The number of amides is 1. The Morgan fingerprint density at radius 1 is 1.33 bits per heavy atom. The smallest absolute Gasteiger partial charge is 0.270 e. The van der Waals surface area contributed by atoms with Crippen LogP contribution in [-0.4, -0.2) is 28.8 Å². The number of rotatable bonds is 3. The Bertz CT molecular complexity index is 656. The first-order valence-electron chi connectivity index (χ1n) is 6.66. The number of aromatic nitrogens is 2. The minimum Gasteiger partial charge on any atom is -0.485 e. The summed E-state index contributed by atoms with van der Waals surface area (Å²) in [5.41, 5.74) is 0. The van der Waals surface area contributed by atoms with Crippen molar-refractivity contribution in [1.29, 1.82) is 0 Å². The van der Waals surface area contributed by atoms with Crippen LogP contribution >= 0.6 is 11.3 Å². The molecule has 1 atom stereocenters. The zero-order valence-corrected chi connectivity index (χ0v) is 12.5. The zero-order chi connectivity index (χ0) is 14.8. The average molecular weight is 305 g/mol. The Balaban J connectivity index is 1.66. The molecule has 110 valence electrons. The number of hydrogen-bond acceptors (Lipinski definition) is 6. The highest BCUT2D eigenvalue weighted by Crippen LogP contribution is 2.31. The van der Waals surface area contributed by atoms with Crippen LogP contribution in [0.5, 0.6) is 11.5 Å². The average Bonchev–Trinajstić information content (AvgIpc) is 2.95. The third-order valence-electron chi connectivity index (χ3n) is 2.97. The molecule has 0 radical (unpaired) electrons. The Labute approximate surface area is 126 Å². The summed E-state index contributed by atoms with van der Waals surface area (Å²) < 4.78 is 11.2. The lowest BCUT2D eigenvalue weighted by molar-refractivity contribution is -0.125. The number of anilines is 1. The van der Waals surface area contributed by atoms with Gasteiger partial charge < -0.3 is 9.47 Å². The third kappa shape index (κ3) is 2.97. The lowest BCUT2D eigenvalue weighted by Crippen LogP contribution is -2.40. The molecule has 21 heavy (non-hydrogen) atoms. The minimum absolute atomic E-state index is 0.179. The van der Waals surface area contributed by atoms with Crippen LogP contribution in [0.1, 0.15) is 24.8 Å². The van der Waals surface area contributed by atoms with Gasteiger partial charge in [0.15, 0.2) is 11.5 Å². The fourth-order valence-corrected chi connectivity index (χ4v) is 2.60. The van der Waals surface area contributed by atoms with Crippen molar-refractivity contribution in [1.82, 2.24) is 10.2 Å². The van der Waals surface area contributed by atoms with E-state index in [2.05, 4.69) is 15.5 Å². The molecule has 1 aromatic heterocycles. The van der Waals surface area contributed by atoms with Gasteiger partial charge in [-0.25, -0.2) is 0 Å². The molecule has 0 bridgehead atoms. The second-order valence-electron chi connectivity index (χ2n) is 4.95. The van der Waals surface area contributed by atoms with Gasteiger partial charge in [-0.3, -0.25) is 10.1 Å². The molecule has 6 nitrogen and oxygen atoms in total. The Morgan fingerprint density at radius 2 is 2.10 bits per heavy atom. The van der Waals surface area contributed by atoms with Gasteiger partial charge in [0, 0.05) is 5.92 Å². The van der Waals surface area contributed by atoms with E-state index in [1.165, 1.54) is 11.3 Å². The van der Waals surface area contributed by atoms with Crippen molar-refractivity contribution in [2.24, 2.45) is 0 Å². The van der Waals surface area contributed by atoms with E-state index in [-0.39, 0.29) is 18.4 Å². The topological polar surface area (TPSA) is 73.3 Å². The maximum atomic E-state index is 12.2. The molecule has 0 saturated carbocycles. The van der Waals surface area contributed by atoms with Crippen molar-refractivity contribution in [2.45, 2.75) is 25.9 Å². The maximum Gasteiger partial charge on any atom is 0.270 e. The quantitative estimate of drug-likeness (QED) is 0.943. The van der Waals surface area contributed by atoms with Gasteiger partial charge in [0.25, 0.3) is 5.91 Å². The molecule has 3 rings (SSSR count). The van der Waals surface area contributed by atoms with Gasteiger partial charge in [0.05, 0.1) is 0 Å². The van der Waals surface area contributed by atoms with E-state index in [1.807, 2.05) is 32.0 Å². The van der Waals surface area contributed by atoms with Crippen LogP contribution in [0.2, 0.25) is 0 Å². The summed E-state index contributed by atoms with van der Waals surface area (Å²) in [5.74, 6) is 1.23. The predicted molar refractivity (Wildman–Crippen MR) is 79.0 cm³/mol. The van der Waals surface area contributed by atoms with Crippen LogP contribution in [0.25, 0.3) is 0 Å². The SMILES string of the molecule is CC(C)c1nnc(NC(=O)C2COc3ccccc3O2)s1. The fourth-order valence-electron chi connectivity index (χ4n) is 1.85. The number of carbonyl (C=O) groups excluding carboxylic acids is 1. The van der Waals surface area contributed by atoms with E-state index in [1.54, 1.807) is 6.07 Å². The highest BCUT2D eigenvalue weighted by atomic mass is 32.1. The standard InChI is InChI=1S/C14H15N3O3S/c1-8(2)13-16-17-14(21-13)15-12(18)11-7-19-9-5-3-4-6-10(9)20-11/h3-6,8,11H,7H2,1-2H3,(H,15,17,18). The maximum absolute atomic E-state index is 12.2. The lowest BCUT2D eigenvalue weighted by Gasteiger charge is -2.25. The molecule has 1 N–H and O–H groups in total. The van der Waals surface area contributed by atoms with Crippen molar-refractivity contribution in [3.05, 3.63) is 29.3 Å². The summed E-state index contributed by atoms with van der Waals surface area (Å²) in [4.78, 5) is 12.2. The second-order valence-corrected chi connectivity index (χ2v) is 5.96. The molecule has 2 heterocycles. The van der Waals surface area contributed by atoms with Crippen LogP contribution in [0, 0.1) is 0 Å². The minimum atomic E-state index is -0.689. The molecule has 0 fully saturated rings. The van der Waals surface area contributed by atoms with E-state index >= 15 is 0 Å². The Hall–Kier alpha value is -2.15. The molecular weight excluding hydrogens is 290 g/mol. The number of hydrogen-bond donors (Lipinski definition) is 1. The highest BCUT2D eigenvalue weighted by Gasteiger charge is 2.28. The molecule has 1 aliphatic heterocycles. The van der Waals surface area contributed by atoms with Crippen molar-refractivity contribution >= 4 is 22.4 Å². The lowest BCUT2D eigenvalue weighted by atomic mass is 10.2. The fraction of sp³-hybridized carbons (Fsp3) is 0.357. The molecule has 0 saturated heterocycles. The summed E-state index contributed by atoms with van der Waals surface area (Å²) >= 11 is 1.37. The first kappa shape index (κ1) is 13.8. The van der Waals surface area contributed by atoms with Crippen molar-refractivity contribution in [3.63, 3.8) is 0 Å². The van der Waals surface area contributed by atoms with Crippen LogP contribution < -0.4 is 14.8 Å². The molecule has 0 aliphatic carbocycles. The molecule has 2 aromatic rings. The van der Waals surface area contributed by atoms with Crippen molar-refractivity contribution in [3.8, 4) is 11.5 Å². The number of carbonyl (C=O) groups is 1. The van der Waals surface area contributed by atoms with Crippen molar-refractivity contribution < 1.29 is 14.3 Å². The summed E-state index contributed by atoms with van der Waals surface area (Å²) in [5, 5.41) is 12.1. The van der Waals surface area contributed by atoms with Gasteiger partial charge in [0.1, 0.15) is 11.6 Å². The van der Waals surface area contributed by atoms with Gasteiger partial charge in [-0.1, -0.05) is 37.3 Å². The van der Waals surface area contributed by atoms with E-state index < -0.39 is 6.10 Å². The molecule has 1 aliphatic rings. The predicted octanol–water partition coefficient (Wildman–Crippen LogP) is 2.44. The zero-order valence-electron chi connectivity index (χ0n) is 11.7. The highest BCUT2D eigenvalue weighted by molar-refractivity contribution is 7.15. The van der Waals surface area contributed by atoms with E-state index in [9.17, 15) is 4.79 Å². The molecular formula is C14H15N3O3S. The summed E-state index contributed by atoms with van der Waals surface area (Å²) in [7, 11) is 0. The summed E-state index contributed by atoms with van der Waals surface area (Å²) in [6.45, 7) is 4.24. The van der Waals surface area contributed by atoms with Gasteiger partial charge in [-0.2, -0.15) is 0 Å². The monoisotopic (exact) mass is 305 g/mol. The Morgan fingerprint density at radius 3 is 2.81 bits per heavy atom. The summed E-state index contributed by atoms with van der Waals surface area (Å²) in [6.07, 6.45) is -0.689. The molecule has 1 aromatic carbocycles. The molecule has 1 amide bonds. The van der Waals surface area contributed by atoms with Crippen LogP contribution in [0.4, 0.5) is 5.13 Å². The molecule has 0 spiro atoms. The molecule has 1 unspecified atom stereocenters. The normalized spacial score (nSPS) is 16.8. The number of fused-ring (bicyclic) bond motifs is 1. The number of nitrogens with one attached hydrogen (secondary N) is 1. The summed E-state index contributed by atoms with van der Waals surface area (Å²) in [6, 6.07) is 7.28. The second kappa shape index (κ2) is 5.69. The van der Waals surface area contributed by atoms with Crippen LogP contribution in [-0.2, 0) is 4.79 Å². The van der Waals surface area contributed by atoms with E-state index in [4.69, 9.17) is 9.47 Å². The van der Waals surface area contributed by atoms with Gasteiger partial charge in [0.2, 0.25) is 11.2 Å². The number of nitrogens with zero attached hydrogens (tertiary/aromatic N) is 2. The van der Waals surface area contributed by atoms with E-state index in [0.29, 0.717) is 16.6 Å². The van der Waals surface area contributed by atoms with Gasteiger partial charge in [-0.05, 0) is 12.1 Å². The molecule has 7 heteroatoms. The van der Waals surface area contributed by atoms with E-state index in [0.717, 1.165) is 5.01 Å². The van der Waals surface area contributed by atoms with Gasteiger partial charge in [-0.15, -0.1) is 10.2 Å². The van der Waals surface area contributed by atoms with Crippen LogP contribution in [0.15, 0.2) is 24.3 Å². The first-order chi connectivity index (χ1) is 10.1. The number of para-hydroxylation sites is 2.